The minimum atomic E-state index is -0.513. The second-order valence-corrected chi connectivity index (χ2v) is 11.0. The summed E-state index contributed by atoms with van der Waals surface area (Å²) in [4.78, 5) is 20.3. The molecule has 0 radical (unpaired) electrons. The lowest BCUT2D eigenvalue weighted by molar-refractivity contribution is 0.129. The Morgan fingerprint density at radius 3 is 2.80 bits per heavy atom. The van der Waals surface area contributed by atoms with Crippen molar-refractivity contribution >= 4 is 22.6 Å². The van der Waals surface area contributed by atoms with Crippen molar-refractivity contribution < 1.29 is 9.13 Å². The molecule has 0 unspecified atom stereocenters. The van der Waals surface area contributed by atoms with Crippen LogP contribution in [0.2, 0.25) is 5.02 Å². The van der Waals surface area contributed by atoms with E-state index in [1.54, 1.807) is 24.4 Å². The predicted octanol–water partition coefficient (Wildman–Crippen LogP) is 4.61. The van der Waals surface area contributed by atoms with Gasteiger partial charge in [-0.15, -0.1) is 0 Å². The fraction of sp³-hybridized carbons (Fsp3) is 0.400. The molecule has 0 spiro atoms. The topological polar surface area (TPSA) is 124 Å². The lowest BCUT2D eigenvalue weighted by Crippen LogP contribution is -2.35. The van der Waals surface area contributed by atoms with Gasteiger partial charge in [-0.2, -0.15) is 4.98 Å². The summed E-state index contributed by atoms with van der Waals surface area (Å²) in [7, 11) is 0. The molecule has 0 aliphatic carbocycles. The van der Waals surface area contributed by atoms with Crippen LogP contribution in [-0.4, -0.2) is 46.4 Å². The molecule has 10 heteroatoms. The third-order valence-corrected chi connectivity index (χ3v) is 7.68. The number of aromatic amines is 1. The molecule has 212 valence electrons. The van der Waals surface area contributed by atoms with Crippen LogP contribution in [0.1, 0.15) is 49.8 Å². The number of nitrogens with two attached hydrogens (primary N) is 2. The number of aromatic nitrogens is 3. The molecule has 1 aliphatic heterocycles. The zero-order valence-electron chi connectivity index (χ0n) is 22.6. The molecular weight excluding hydrogens is 531 g/mol. The van der Waals surface area contributed by atoms with Crippen molar-refractivity contribution in [2.45, 2.75) is 57.2 Å². The van der Waals surface area contributed by atoms with Crippen molar-refractivity contribution in [1.82, 2.24) is 19.9 Å². The van der Waals surface area contributed by atoms with Gasteiger partial charge in [0.15, 0.2) is 5.82 Å². The van der Waals surface area contributed by atoms with Crippen LogP contribution in [0.4, 0.5) is 4.39 Å². The van der Waals surface area contributed by atoms with Gasteiger partial charge in [0.1, 0.15) is 5.65 Å². The van der Waals surface area contributed by atoms with Crippen LogP contribution in [0.15, 0.2) is 53.5 Å². The summed E-state index contributed by atoms with van der Waals surface area (Å²) < 4.78 is 22.3. The van der Waals surface area contributed by atoms with E-state index in [0.29, 0.717) is 47.7 Å². The van der Waals surface area contributed by atoms with Gasteiger partial charge in [-0.25, -0.2) is 9.18 Å². The van der Waals surface area contributed by atoms with Gasteiger partial charge in [-0.05, 0) is 87.0 Å². The first-order valence-electron chi connectivity index (χ1n) is 13.8. The van der Waals surface area contributed by atoms with Gasteiger partial charge in [0.05, 0.1) is 23.0 Å². The largest absolute Gasteiger partial charge is 0.380 e. The SMILES string of the molecule is C[C@H](N)CCCc1cc(Cl)c(F)c(-c2cc3cn(-c4ccc([C@@H]5CCOC[C@H](CCN)N5)cc4)c(=O)nc3[nH]2)c1. The molecule has 2 aromatic heterocycles. The van der Waals surface area contributed by atoms with E-state index in [0.717, 1.165) is 43.2 Å². The summed E-state index contributed by atoms with van der Waals surface area (Å²) in [5, 5.41) is 4.38. The van der Waals surface area contributed by atoms with E-state index >= 15 is 4.39 Å². The standard InChI is InChI=1S/C30H36ClFN6O2/c1-18(34)3-2-4-19-13-24(28(32)25(31)14-19)27-15-21-16-38(30(39)37-29(21)36-27)23-7-5-20(6-8-23)26-10-12-40-17-22(35-26)9-11-33/h5-8,13-16,18,22,26,35H,2-4,9-12,17,33-34H2,1H3,(H,36,37,39)/t18-,22-,26-/m0/s1. The zero-order valence-corrected chi connectivity index (χ0v) is 23.4. The molecule has 3 heterocycles. The first-order valence-corrected chi connectivity index (χ1v) is 14.2. The zero-order chi connectivity index (χ0) is 28.2. The Morgan fingerprint density at radius 1 is 1.25 bits per heavy atom. The van der Waals surface area contributed by atoms with E-state index in [9.17, 15) is 4.79 Å². The van der Waals surface area contributed by atoms with Crippen LogP contribution in [-0.2, 0) is 11.2 Å². The number of fused-ring (bicyclic) bond motifs is 1. The van der Waals surface area contributed by atoms with Gasteiger partial charge in [0.25, 0.3) is 0 Å². The molecule has 4 aromatic rings. The maximum absolute atomic E-state index is 15.1. The molecule has 6 N–H and O–H groups in total. The van der Waals surface area contributed by atoms with Crippen LogP contribution in [0, 0.1) is 5.82 Å². The maximum Gasteiger partial charge on any atom is 0.354 e. The monoisotopic (exact) mass is 566 g/mol. The van der Waals surface area contributed by atoms with E-state index in [4.69, 9.17) is 27.8 Å². The van der Waals surface area contributed by atoms with Crippen molar-refractivity contribution in [1.29, 1.82) is 0 Å². The van der Waals surface area contributed by atoms with Crippen molar-refractivity contribution in [2.75, 3.05) is 19.8 Å². The predicted molar refractivity (Wildman–Crippen MR) is 157 cm³/mol. The third-order valence-electron chi connectivity index (χ3n) is 7.41. The number of hydrogen-bond donors (Lipinski definition) is 4. The fourth-order valence-electron chi connectivity index (χ4n) is 5.28. The van der Waals surface area contributed by atoms with Crippen molar-refractivity contribution in [2.24, 2.45) is 11.5 Å². The van der Waals surface area contributed by atoms with Crippen LogP contribution < -0.4 is 22.5 Å². The molecule has 1 aliphatic rings. The number of hydrogen-bond acceptors (Lipinski definition) is 6. The maximum atomic E-state index is 15.1. The Morgan fingerprint density at radius 2 is 2.05 bits per heavy atom. The lowest BCUT2D eigenvalue weighted by Gasteiger charge is -2.22. The highest BCUT2D eigenvalue weighted by atomic mass is 35.5. The van der Waals surface area contributed by atoms with Crippen molar-refractivity contribution in [3.63, 3.8) is 0 Å². The average Bonchev–Trinajstić information content (AvgIpc) is 3.19. The second kappa shape index (κ2) is 12.6. The molecule has 2 aromatic carbocycles. The Bertz CT molecular complexity index is 1520. The molecule has 40 heavy (non-hydrogen) atoms. The number of rotatable bonds is 9. The molecule has 1 fully saturated rings. The van der Waals surface area contributed by atoms with E-state index in [1.807, 2.05) is 31.2 Å². The van der Waals surface area contributed by atoms with Crippen LogP contribution >= 0.6 is 11.6 Å². The van der Waals surface area contributed by atoms with Crippen LogP contribution in [0.5, 0.6) is 0 Å². The molecule has 0 saturated carbocycles. The fourth-order valence-corrected chi connectivity index (χ4v) is 5.52. The van der Waals surface area contributed by atoms with Gasteiger partial charge in [-0.1, -0.05) is 23.7 Å². The van der Waals surface area contributed by atoms with Crippen molar-refractivity contribution in [3.05, 3.63) is 81.1 Å². The summed E-state index contributed by atoms with van der Waals surface area (Å²) in [6, 6.07) is 13.6. The van der Waals surface area contributed by atoms with Crippen LogP contribution in [0.3, 0.4) is 0 Å². The number of nitrogens with zero attached hydrogens (tertiary/aromatic N) is 2. The molecule has 0 bridgehead atoms. The van der Waals surface area contributed by atoms with Gasteiger partial charge in [-0.3, -0.25) is 4.57 Å². The number of ether oxygens (including phenoxy) is 1. The number of halogens is 2. The van der Waals surface area contributed by atoms with E-state index in [2.05, 4.69) is 15.3 Å². The Balaban J connectivity index is 1.41. The molecular formula is C30H36ClFN6O2. The second-order valence-electron chi connectivity index (χ2n) is 10.6. The summed E-state index contributed by atoms with van der Waals surface area (Å²) in [5.41, 5.74) is 15.2. The molecule has 0 amide bonds. The lowest BCUT2D eigenvalue weighted by atomic mass is 10.0. The quantitative estimate of drug-likeness (QED) is 0.234. The van der Waals surface area contributed by atoms with Gasteiger partial charge < -0.3 is 26.5 Å². The highest BCUT2D eigenvalue weighted by Gasteiger charge is 2.21. The number of H-pyrrole nitrogens is 1. The minimum Gasteiger partial charge on any atom is -0.380 e. The third kappa shape index (κ3) is 6.45. The first kappa shape index (κ1) is 28.4. The van der Waals surface area contributed by atoms with E-state index in [-0.39, 0.29) is 23.1 Å². The number of benzene rings is 2. The Kier molecular flexibility index (Phi) is 8.97. The van der Waals surface area contributed by atoms with E-state index < -0.39 is 11.5 Å². The molecule has 3 atom stereocenters. The molecule has 1 saturated heterocycles. The summed E-state index contributed by atoms with van der Waals surface area (Å²) in [6.45, 7) is 3.90. The normalized spacial score (nSPS) is 18.6. The summed E-state index contributed by atoms with van der Waals surface area (Å²) >= 11 is 6.24. The summed E-state index contributed by atoms with van der Waals surface area (Å²) in [5.74, 6) is -0.513. The van der Waals surface area contributed by atoms with Gasteiger partial charge in [0, 0.05) is 41.9 Å². The molecule has 5 rings (SSSR count). The number of aryl methyl sites for hydroxylation is 1. The highest BCUT2D eigenvalue weighted by molar-refractivity contribution is 6.31. The summed E-state index contributed by atoms with van der Waals surface area (Å²) in [6.07, 6.45) is 5.92. The minimum absolute atomic E-state index is 0.0589. The first-order chi connectivity index (χ1) is 19.3. The van der Waals surface area contributed by atoms with Crippen molar-refractivity contribution in [3.8, 4) is 16.9 Å². The van der Waals surface area contributed by atoms with Crippen LogP contribution in [0.25, 0.3) is 28.0 Å². The highest BCUT2D eigenvalue weighted by Crippen LogP contribution is 2.31. The van der Waals surface area contributed by atoms with Gasteiger partial charge >= 0.3 is 5.69 Å². The molecule has 8 nitrogen and oxygen atoms in total. The Hall–Kier alpha value is -3.08. The Labute approximate surface area is 237 Å². The number of nitrogens with one attached hydrogen (secondary N) is 2. The smallest absolute Gasteiger partial charge is 0.354 e. The van der Waals surface area contributed by atoms with E-state index in [1.165, 1.54) is 4.57 Å². The average molecular weight is 567 g/mol. The van der Waals surface area contributed by atoms with Gasteiger partial charge in [0.2, 0.25) is 0 Å².